The number of nitrogens with zero attached hydrogens (tertiary/aromatic N) is 3. The first-order chi connectivity index (χ1) is 16.0. The fourth-order valence-corrected chi connectivity index (χ4v) is 3.73. The van der Waals surface area contributed by atoms with Gasteiger partial charge in [0.2, 0.25) is 5.91 Å². The molecule has 3 rings (SSSR count). The summed E-state index contributed by atoms with van der Waals surface area (Å²) in [5, 5.41) is 8.21. The molecular formula is C24H32N4O5. The van der Waals surface area contributed by atoms with Crippen molar-refractivity contribution in [3.8, 4) is 17.1 Å². The normalized spacial score (nSPS) is 14.2. The number of amides is 1. The van der Waals surface area contributed by atoms with Gasteiger partial charge in [0.25, 0.3) is 5.56 Å². The number of nitrogens with one attached hydrogen (secondary N) is 1. The Morgan fingerprint density at radius 3 is 2.67 bits per heavy atom. The van der Waals surface area contributed by atoms with E-state index >= 15 is 0 Å². The third-order valence-corrected chi connectivity index (χ3v) is 5.68. The molecule has 0 spiro atoms. The van der Waals surface area contributed by atoms with Gasteiger partial charge in [0.1, 0.15) is 11.4 Å². The van der Waals surface area contributed by atoms with Crippen molar-refractivity contribution in [1.82, 2.24) is 20.1 Å². The van der Waals surface area contributed by atoms with Crippen LogP contribution in [-0.4, -0.2) is 58.3 Å². The summed E-state index contributed by atoms with van der Waals surface area (Å²) in [5.41, 5.74) is 0.579. The number of aromatic amines is 1. The van der Waals surface area contributed by atoms with Gasteiger partial charge in [0.05, 0.1) is 19.1 Å². The maximum atomic E-state index is 12.6. The number of esters is 1. The third kappa shape index (κ3) is 6.87. The van der Waals surface area contributed by atoms with E-state index in [9.17, 15) is 14.4 Å². The highest BCUT2D eigenvalue weighted by Crippen LogP contribution is 2.21. The Morgan fingerprint density at radius 1 is 1.18 bits per heavy atom. The summed E-state index contributed by atoms with van der Waals surface area (Å²) in [6.07, 6.45) is 3.59. The van der Waals surface area contributed by atoms with E-state index in [-0.39, 0.29) is 41.9 Å². The lowest BCUT2D eigenvalue weighted by atomic mass is 9.96. The van der Waals surface area contributed by atoms with Crippen LogP contribution in [0.15, 0.2) is 29.1 Å². The van der Waals surface area contributed by atoms with Gasteiger partial charge in [0.15, 0.2) is 5.82 Å². The Labute approximate surface area is 193 Å². The van der Waals surface area contributed by atoms with Crippen LogP contribution >= 0.6 is 0 Å². The molecule has 1 N–H and O–H groups in total. The molecule has 0 atom stereocenters. The van der Waals surface area contributed by atoms with Crippen molar-refractivity contribution in [2.24, 2.45) is 5.92 Å². The molecular weight excluding hydrogens is 424 g/mol. The van der Waals surface area contributed by atoms with E-state index in [2.05, 4.69) is 22.1 Å². The zero-order chi connectivity index (χ0) is 23.6. The molecule has 1 aromatic heterocycles. The molecule has 1 saturated heterocycles. The molecule has 1 aliphatic rings. The van der Waals surface area contributed by atoms with Crippen molar-refractivity contribution in [3.05, 3.63) is 40.3 Å². The first-order valence-corrected chi connectivity index (χ1v) is 11.6. The molecule has 1 aliphatic heterocycles. The number of aryl methyl sites for hydroxylation is 1. The van der Waals surface area contributed by atoms with Gasteiger partial charge in [-0.1, -0.05) is 25.5 Å². The highest BCUT2D eigenvalue weighted by Gasteiger charge is 2.28. The Morgan fingerprint density at radius 2 is 1.97 bits per heavy atom. The number of likely N-dealkylation sites (tertiary alicyclic amines) is 1. The summed E-state index contributed by atoms with van der Waals surface area (Å²) in [7, 11) is 0. The quantitative estimate of drug-likeness (QED) is 0.432. The smallest absolute Gasteiger partial charge is 0.309 e. The van der Waals surface area contributed by atoms with Crippen LogP contribution in [0.2, 0.25) is 0 Å². The first-order valence-electron chi connectivity index (χ1n) is 11.6. The highest BCUT2D eigenvalue weighted by molar-refractivity contribution is 5.77. The summed E-state index contributed by atoms with van der Waals surface area (Å²) in [4.78, 5) is 41.4. The van der Waals surface area contributed by atoms with Crippen molar-refractivity contribution in [2.75, 3.05) is 26.3 Å². The van der Waals surface area contributed by atoms with E-state index in [0.29, 0.717) is 56.3 Å². The molecule has 1 fully saturated rings. The number of hydrogen-bond acceptors (Lipinski definition) is 7. The van der Waals surface area contributed by atoms with Gasteiger partial charge in [-0.05, 0) is 38.3 Å². The fourth-order valence-electron chi connectivity index (χ4n) is 3.73. The first kappa shape index (κ1) is 24.4. The molecule has 2 aromatic rings. The molecule has 1 aromatic carbocycles. The predicted molar refractivity (Wildman–Crippen MR) is 123 cm³/mol. The molecule has 0 radical (unpaired) electrons. The van der Waals surface area contributed by atoms with Crippen molar-refractivity contribution >= 4 is 11.9 Å². The summed E-state index contributed by atoms with van der Waals surface area (Å²) < 4.78 is 10.8. The number of piperidine rings is 1. The van der Waals surface area contributed by atoms with Crippen LogP contribution in [-0.2, 0) is 20.7 Å². The Bertz CT molecular complexity index is 998. The predicted octanol–water partition coefficient (Wildman–Crippen LogP) is 2.75. The summed E-state index contributed by atoms with van der Waals surface area (Å²) in [6.45, 7) is 5.91. The van der Waals surface area contributed by atoms with E-state index < -0.39 is 0 Å². The molecule has 33 heavy (non-hydrogen) atoms. The zero-order valence-electron chi connectivity index (χ0n) is 19.3. The zero-order valence-corrected chi connectivity index (χ0v) is 19.3. The summed E-state index contributed by atoms with van der Waals surface area (Å²) in [5.74, 6) is 0.678. The minimum Gasteiger partial charge on any atom is -0.494 e. The maximum absolute atomic E-state index is 12.6. The molecule has 9 nitrogen and oxygen atoms in total. The van der Waals surface area contributed by atoms with Gasteiger partial charge >= 0.3 is 5.97 Å². The van der Waals surface area contributed by atoms with Crippen molar-refractivity contribution in [3.63, 3.8) is 0 Å². The number of unbranched alkanes of at least 4 members (excludes halogenated alkanes) is 1. The average Bonchev–Trinajstić information content (AvgIpc) is 2.83. The number of carbonyl (C=O) groups excluding carboxylic acids is 2. The number of carbonyl (C=O) groups is 2. The van der Waals surface area contributed by atoms with Gasteiger partial charge < -0.3 is 19.4 Å². The number of hydrogen-bond donors (Lipinski definition) is 1. The molecule has 1 amide bonds. The molecule has 0 saturated carbocycles. The lowest BCUT2D eigenvalue weighted by Crippen LogP contribution is -2.40. The fraction of sp³-hybridized carbons (Fsp3) is 0.542. The van der Waals surface area contributed by atoms with Gasteiger partial charge in [-0.2, -0.15) is 0 Å². The van der Waals surface area contributed by atoms with Crippen molar-refractivity contribution in [1.29, 1.82) is 0 Å². The van der Waals surface area contributed by atoms with Crippen LogP contribution in [0.25, 0.3) is 11.4 Å². The topological polar surface area (TPSA) is 114 Å². The second-order valence-corrected chi connectivity index (χ2v) is 8.09. The lowest BCUT2D eigenvalue weighted by molar-refractivity contribution is -0.151. The Kier molecular flexibility index (Phi) is 8.97. The van der Waals surface area contributed by atoms with Crippen LogP contribution in [0.1, 0.15) is 51.6 Å². The van der Waals surface area contributed by atoms with Crippen LogP contribution in [0.3, 0.4) is 0 Å². The lowest BCUT2D eigenvalue weighted by Gasteiger charge is -2.30. The molecule has 0 unspecified atom stereocenters. The van der Waals surface area contributed by atoms with Crippen molar-refractivity contribution in [2.45, 2.75) is 52.4 Å². The maximum Gasteiger partial charge on any atom is 0.309 e. The van der Waals surface area contributed by atoms with Gasteiger partial charge in [0, 0.05) is 31.5 Å². The third-order valence-electron chi connectivity index (χ3n) is 5.68. The monoisotopic (exact) mass is 456 g/mol. The number of rotatable bonds is 10. The van der Waals surface area contributed by atoms with Crippen LogP contribution in [0.5, 0.6) is 5.75 Å². The molecule has 0 aliphatic carbocycles. The second kappa shape index (κ2) is 12.1. The van der Waals surface area contributed by atoms with Crippen LogP contribution in [0, 0.1) is 5.92 Å². The van der Waals surface area contributed by atoms with E-state index in [1.807, 2.05) is 24.3 Å². The van der Waals surface area contributed by atoms with Crippen molar-refractivity contribution < 1.29 is 19.1 Å². The minimum atomic E-state index is -0.355. The molecule has 178 valence electrons. The molecule has 2 heterocycles. The minimum absolute atomic E-state index is 0.0560. The van der Waals surface area contributed by atoms with E-state index in [1.54, 1.807) is 11.8 Å². The average molecular weight is 457 g/mol. The Balaban J connectivity index is 1.54. The Hall–Kier alpha value is -3.23. The van der Waals surface area contributed by atoms with Gasteiger partial charge in [-0.15, -0.1) is 10.2 Å². The number of benzene rings is 1. The van der Waals surface area contributed by atoms with E-state index in [4.69, 9.17) is 9.47 Å². The largest absolute Gasteiger partial charge is 0.494 e. The number of ether oxygens (including phenoxy) is 2. The van der Waals surface area contributed by atoms with Crippen LogP contribution in [0.4, 0.5) is 0 Å². The second-order valence-electron chi connectivity index (χ2n) is 8.09. The van der Waals surface area contributed by atoms with Crippen LogP contribution < -0.4 is 10.3 Å². The number of H-pyrrole nitrogens is 1. The van der Waals surface area contributed by atoms with Gasteiger partial charge in [-0.25, -0.2) is 0 Å². The summed E-state index contributed by atoms with van der Waals surface area (Å²) in [6, 6.07) is 7.35. The number of aromatic nitrogens is 3. The molecule has 0 bridgehead atoms. The van der Waals surface area contributed by atoms with E-state index in [0.717, 1.165) is 12.8 Å². The highest BCUT2D eigenvalue weighted by atomic mass is 16.5. The SMILES string of the molecule is CCCCOc1cccc(-c2nnc(CCC(=O)N3CCC(C(=O)OCC)CC3)c(=O)[nH]2)c1. The summed E-state index contributed by atoms with van der Waals surface area (Å²) >= 11 is 0. The standard InChI is InChI=1S/C24H32N4O5/c1-3-5-15-33-19-8-6-7-18(16-19)22-25-23(30)20(26-27-22)9-10-21(29)28-13-11-17(12-14-28)24(31)32-4-2/h6-8,16-17H,3-5,9-15H2,1-2H3,(H,25,27,30). The molecule has 9 heteroatoms. The van der Waals surface area contributed by atoms with Gasteiger partial charge in [-0.3, -0.25) is 14.4 Å². The van der Waals surface area contributed by atoms with E-state index in [1.165, 1.54) is 0 Å².